The minimum Gasteiger partial charge on any atom is -0.497 e. The molecule has 0 unspecified atom stereocenters. The van der Waals surface area contributed by atoms with Gasteiger partial charge < -0.3 is 4.74 Å². The lowest BCUT2D eigenvalue weighted by Gasteiger charge is -2.03. The first-order chi connectivity index (χ1) is 6.65. The van der Waals surface area contributed by atoms with Gasteiger partial charge in [0.2, 0.25) is 0 Å². The molecule has 0 radical (unpaired) electrons. The number of fused-ring (bicyclic) bond motifs is 1. The number of ketones is 1. The van der Waals surface area contributed by atoms with E-state index < -0.39 is 0 Å². The van der Waals surface area contributed by atoms with Crippen LogP contribution < -0.4 is 4.74 Å². The van der Waals surface area contributed by atoms with Crippen LogP contribution in [0.3, 0.4) is 0 Å². The number of allylic oxidation sites excluding steroid dienone is 2. The maximum absolute atomic E-state index is 11.8. The molecular formula is C12H12O2. The van der Waals surface area contributed by atoms with Crippen molar-refractivity contribution in [3.05, 3.63) is 34.9 Å². The second-order valence-corrected chi connectivity index (χ2v) is 3.49. The number of carbonyl (C=O) groups is 1. The predicted molar refractivity (Wildman–Crippen MR) is 55.6 cm³/mol. The number of carbonyl (C=O) groups excluding carboxylic acids is 1. The molecule has 0 aliphatic heterocycles. The summed E-state index contributed by atoms with van der Waals surface area (Å²) in [5, 5.41) is 0. The van der Waals surface area contributed by atoms with Crippen molar-refractivity contribution in [2.24, 2.45) is 0 Å². The van der Waals surface area contributed by atoms with Crippen LogP contribution in [0.15, 0.2) is 23.8 Å². The fraction of sp³-hybridized carbons (Fsp3) is 0.250. The van der Waals surface area contributed by atoms with Crippen molar-refractivity contribution in [3.8, 4) is 5.75 Å². The Bertz CT molecular complexity index is 442. The van der Waals surface area contributed by atoms with E-state index in [2.05, 4.69) is 0 Å². The lowest BCUT2D eigenvalue weighted by Crippen LogP contribution is -1.96. The maximum Gasteiger partial charge on any atom is 0.189 e. The zero-order valence-corrected chi connectivity index (χ0v) is 8.55. The zero-order chi connectivity index (χ0) is 10.3. The number of ether oxygens (including phenoxy) is 1. The van der Waals surface area contributed by atoms with Gasteiger partial charge in [0.25, 0.3) is 0 Å². The third-order valence-corrected chi connectivity index (χ3v) is 2.78. The van der Waals surface area contributed by atoms with Crippen molar-refractivity contribution < 1.29 is 9.53 Å². The van der Waals surface area contributed by atoms with Gasteiger partial charge in [-0.3, -0.25) is 4.79 Å². The SMILES string of the molecule is COc1ccc2c(c1)C(=O)C(C)=C2C. The number of methoxy groups -OCH3 is 1. The molecule has 0 aromatic heterocycles. The molecule has 1 aromatic rings. The Kier molecular flexibility index (Phi) is 1.92. The van der Waals surface area contributed by atoms with Gasteiger partial charge in [0.05, 0.1) is 7.11 Å². The Morgan fingerprint density at radius 2 is 1.79 bits per heavy atom. The summed E-state index contributed by atoms with van der Waals surface area (Å²) in [5.74, 6) is 0.857. The Balaban J connectivity index is 2.61. The van der Waals surface area contributed by atoms with Crippen molar-refractivity contribution in [2.75, 3.05) is 7.11 Å². The molecule has 0 amide bonds. The molecule has 2 heteroatoms. The molecule has 0 fully saturated rings. The van der Waals surface area contributed by atoms with Gasteiger partial charge in [-0.25, -0.2) is 0 Å². The first kappa shape index (κ1) is 9.00. The highest BCUT2D eigenvalue weighted by molar-refractivity contribution is 6.20. The van der Waals surface area contributed by atoms with Crippen LogP contribution in [0.4, 0.5) is 0 Å². The highest BCUT2D eigenvalue weighted by Gasteiger charge is 2.24. The van der Waals surface area contributed by atoms with Crippen LogP contribution in [0.2, 0.25) is 0 Å². The third kappa shape index (κ3) is 1.07. The Labute approximate surface area is 83.2 Å². The van der Waals surface area contributed by atoms with E-state index >= 15 is 0 Å². The summed E-state index contributed by atoms with van der Waals surface area (Å²) in [6.07, 6.45) is 0. The smallest absolute Gasteiger partial charge is 0.189 e. The number of rotatable bonds is 1. The summed E-state index contributed by atoms with van der Waals surface area (Å²) in [4.78, 5) is 11.8. The molecule has 14 heavy (non-hydrogen) atoms. The van der Waals surface area contributed by atoms with Crippen LogP contribution in [-0.2, 0) is 0 Å². The van der Waals surface area contributed by atoms with E-state index in [1.165, 1.54) is 0 Å². The normalized spacial score (nSPS) is 14.6. The van der Waals surface area contributed by atoms with Crippen molar-refractivity contribution in [1.82, 2.24) is 0 Å². The Morgan fingerprint density at radius 1 is 1.07 bits per heavy atom. The van der Waals surface area contributed by atoms with Crippen LogP contribution in [-0.4, -0.2) is 12.9 Å². The Morgan fingerprint density at radius 3 is 2.43 bits per heavy atom. The highest BCUT2D eigenvalue weighted by atomic mass is 16.5. The summed E-state index contributed by atoms with van der Waals surface area (Å²) in [6.45, 7) is 3.84. The van der Waals surface area contributed by atoms with E-state index in [-0.39, 0.29) is 5.78 Å². The molecule has 2 rings (SSSR count). The number of hydrogen-bond donors (Lipinski definition) is 0. The molecule has 0 saturated carbocycles. The minimum absolute atomic E-state index is 0.122. The molecule has 0 saturated heterocycles. The van der Waals surface area contributed by atoms with Gasteiger partial charge in [0, 0.05) is 11.1 Å². The van der Waals surface area contributed by atoms with Gasteiger partial charge in [0.1, 0.15) is 5.75 Å². The van der Waals surface area contributed by atoms with Crippen molar-refractivity contribution >= 4 is 11.4 Å². The summed E-state index contributed by atoms with van der Waals surface area (Å²) in [7, 11) is 1.61. The molecule has 72 valence electrons. The second kappa shape index (κ2) is 2.98. The summed E-state index contributed by atoms with van der Waals surface area (Å²) in [6, 6.07) is 5.63. The highest BCUT2D eigenvalue weighted by Crippen LogP contribution is 2.34. The van der Waals surface area contributed by atoms with Crippen LogP contribution in [0, 0.1) is 0 Å². The Hall–Kier alpha value is -1.57. The van der Waals surface area contributed by atoms with E-state index in [4.69, 9.17) is 4.74 Å². The zero-order valence-electron chi connectivity index (χ0n) is 8.55. The lowest BCUT2D eigenvalue weighted by molar-refractivity contribution is 0.103. The number of benzene rings is 1. The van der Waals surface area contributed by atoms with E-state index in [1.807, 2.05) is 26.0 Å². The van der Waals surface area contributed by atoms with E-state index in [0.29, 0.717) is 0 Å². The molecule has 0 bridgehead atoms. The fourth-order valence-corrected chi connectivity index (χ4v) is 1.74. The van der Waals surface area contributed by atoms with Crippen molar-refractivity contribution in [2.45, 2.75) is 13.8 Å². The topological polar surface area (TPSA) is 26.3 Å². The molecule has 0 spiro atoms. The number of Topliss-reactive ketones (excluding diaryl/α,β-unsaturated/α-hetero) is 1. The van der Waals surface area contributed by atoms with Crippen molar-refractivity contribution in [3.63, 3.8) is 0 Å². The molecule has 0 heterocycles. The van der Waals surface area contributed by atoms with Gasteiger partial charge in [-0.1, -0.05) is 6.07 Å². The second-order valence-electron chi connectivity index (χ2n) is 3.49. The molecule has 0 N–H and O–H groups in total. The summed E-state index contributed by atoms with van der Waals surface area (Å²) >= 11 is 0. The molecule has 1 aromatic carbocycles. The van der Waals surface area contributed by atoms with Gasteiger partial charge in [0.15, 0.2) is 5.78 Å². The van der Waals surface area contributed by atoms with Crippen LogP contribution in [0.5, 0.6) is 5.75 Å². The third-order valence-electron chi connectivity index (χ3n) is 2.78. The quantitative estimate of drug-likeness (QED) is 0.677. The minimum atomic E-state index is 0.122. The standard InChI is InChI=1S/C12H12O2/c1-7-8(2)12(13)11-6-9(14-3)4-5-10(7)11/h4-6H,1-3H3. The fourth-order valence-electron chi connectivity index (χ4n) is 1.74. The van der Waals surface area contributed by atoms with Gasteiger partial charge in [-0.2, -0.15) is 0 Å². The molecular weight excluding hydrogens is 176 g/mol. The summed E-state index contributed by atoms with van der Waals surface area (Å²) < 4.78 is 5.09. The van der Waals surface area contributed by atoms with Gasteiger partial charge in [-0.15, -0.1) is 0 Å². The molecule has 1 aliphatic carbocycles. The monoisotopic (exact) mass is 188 g/mol. The van der Waals surface area contributed by atoms with Crippen LogP contribution >= 0.6 is 0 Å². The van der Waals surface area contributed by atoms with Crippen molar-refractivity contribution in [1.29, 1.82) is 0 Å². The van der Waals surface area contributed by atoms with Crippen LogP contribution in [0.25, 0.3) is 5.57 Å². The molecule has 2 nitrogen and oxygen atoms in total. The van der Waals surface area contributed by atoms with E-state index in [9.17, 15) is 4.79 Å². The van der Waals surface area contributed by atoms with Crippen LogP contribution in [0.1, 0.15) is 29.8 Å². The largest absolute Gasteiger partial charge is 0.497 e. The first-order valence-corrected chi connectivity index (χ1v) is 4.55. The lowest BCUT2D eigenvalue weighted by atomic mass is 10.1. The molecule has 0 atom stereocenters. The van der Waals surface area contributed by atoms with E-state index in [1.54, 1.807) is 13.2 Å². The van der Waals surface area contributed by atoms with Gasteiger partial charge in [-0.05, 0) is 37.1 Å². The first-order valence-electron chi connectivity index (χ1n) is 4.55. The summed E-state index contributed by atoms with van der Waals surface area (Å²) in [5.41, 5.74) is 3.72. The molecule has 1 aliphatic rings. The maximum atomic E-state index is 11.8. The average Bonchev–Trinajstić information content (AvgIpc) is 2.44. The average molecular weight is 188 g/mol. The van der Waals surface area contributed by atoms with E-state index in [0.717, 1.165) is 28.0 Å². The number of hydrogen-bond acceptors (Lipinski definition) is 2. The predicted octanol–water partition coefficient (Wildman–Crippen LogP) is 2.68. The van der Waals surface area contributed by atoms with Gasteiger partial charge >= 0.3 is 0 Å².